The van der Waals surface area contributed by atoms with Gasteiger partial charge < -0.3 is 24.8 Å². The highest BCUT2D eigenvalue weighted by atomic mass is 16.5. The average Bonchev–Trinajstić information content (AvgIpc) is 2.62. The zero-order valence-electron chi connectivity index (χ0n) is 21.0. The standard InChI is InChI=1S/C9H18N2O2.C6H15NO.C5H11NO2/c1-7(11(4)5)10-8(12)9(2,3)13-6;1-6(2,8-5)7(3)4;1-5(2,8-3)4(6)7/h1-6H3;1-5H3;1-3H3,(H2,6,7). The molecular formula is C20H44N4O5. The zero-order chi connectivity index (χ0) is 24.2. The zero-order valence-corrected chi connectivity index (χ0v) is 21.0. The van der Waals surface area contributed by atoms with Gasteiger partial charge in [-0.1, -0.05) is 0 Å². The van der Waals surface area contributed by atoms with Gasteiger partial charge in [0.1, 0.15) is 22.8 Å². The first-order valence-corrected chi connectivity index (χ1v) is 9.22. The second kappa shape index (κ2) is 13.6. The van der Waals surface area contributed by atoms with Crippen molar-refractivity contribution in [2.45, 2.75) is 65.4 Å². The Kier molecular flexibility index (Phi) is 15.1. The second-order valence-corrected chi connectivity index (χ2v) is 8.20. The smallest absolute Gasteiger partial charge is 0.278 e. The van der Waals surface area contributed by atoms with E-state index in [-0.39, 0.29) is 11.6 Å². The van der Waals surface area contributed by atoms with E-state index in [1.54, 1.807) is 46.6 Å². The molecule has 0 radical (unpaired) electrons. The molecule has 0 saturated heterocycles. The molecule has 29 heavy (non-hydrogen) atoms. The summed E-state index contributed by atoms with van der Waals surface area (Å²) in [7, 11) is 12.3. The number of carbonyl (C=O) groups is 2. The second-order valence-electron chi connectivity index (χ2n) is 8.20. The van der Waals surface area contributed by atoms with Crippen LogP contribution in [0.3, 0.4) is 0 Å². The van der Waals surface area contributed by atoms with Gasteiger partial charge in [0, 0.05) is 35.4 Å². The van der Waals surface area contributed by atoms with Crippen molar-refractivity contribution >= 4 is 17.6 Å². The fourth-order valence-electron chi connectivity index (χ4n) is 0.752. The van der Waals surface area contributed by atoms with E-state index in [1.807, 2.05) is 46.9 Å². The maximum Gasteiger partial charge on any atom is 0.278 e. The number of nitrogens with two attached hydrogens (primary N) is 1. The lowest BCUT2D eigenvalue weighted by Gasteiger charge is -2.30. The molecule has 0 fully saturated rings. The van der Waals surface area contributed by atoms with E-state index in [2.05, 4.69) is 4.99 Å². The van der Waals surface area contributed by atoms with Crippen LogP contribution in [-0.4, -0.2) is 93.9 Å². The minimum absolute atomic E-state index is 0.125. The molecule has 0 aromatic heterocycles. The van der Waals surface area contributed by atoms with Crippen LogP contribution >= 0.6 is 0 Å². The summed E-state index contributed by atoms with van der Waals surface area (Å²) in [4.78, 5) is 29.5. The van der Waals surface area contributed by atoms with Crippen LogP contribution in [0, 0.1) is 0 Å². The van der Waals surface area contributed by atoms with Crippen LogP contribution < -0.4 is 5.73 Å². The molecule has 0 aromatic carbocycles. The highest BCUT2D eigenvalue weighted by molar-refractivity contribution is 5.96. The number of ether oxygens (including phenoxy) is 3. The monoisotopic (exact) mass is 420 g/mol. The quantitative estimate of drug-likeness (QED) is 0.396. The third kappa shape index (κ3) is 14.1. The van der Waals surface area contributed by atoms with Crippen LogP contribution in [0.25, 0.3) is 0 Å². The number of amides is 2. The Morgan fingerprint density at radius 3 is 1.31 bits per heavy atom. The number of hydrogen-bond acceptors (Lipinski definition) is 6. The number of hydrogen-bond donors (Lipinski definition) is 1. The van der Waals surface area contributed by atoms with Gasteiger partial charge in [-0.25, -0.2) is 0 Å². The molecule has 0 spiro atoms. The molecule has 0 aliphatic rings. The summed E-state index contributed by atoms with van der Waals surface area (Å²) in [6, 6.07) is 0. The average molecular weight is 421 g/mol. The van der Waals surface area contributed by atoms with Crippen molar-refractivity contribution in [3.63, 3.8) is 0 Å². The first-order valence-electron chi connectivity index (χ1n) is 9.22. The third-order valence-electron chi connectivity index (χ3n) is 4.62. The molecule has 9 heteroatoms. The van der Waals surface area contributed by atoms with Crippen LogP contribution in [0.5, 0.6) is 0 Å². The lowest BCUT2D eigenvalue weighted by Crippen LogP contribution is -2.39. The van der Waals surface area contributed by atoms with Crippen molar-refractivity contribution in [3.8, 4) is 0 Å². The van der Waals surface area contributed by atoms with Crippen molar-refractivity contribution < 1.29 is 23.8 Å². The van der Waals surface area contributed by atoms with Crippen LogP contribution in [0.15, 0.2) is 4.99 Å². The van der Waals surface area contributed by atoms with Crippen LogP contribution in [-0.2, 0) is 23.8 Å². The molecule has 0 bridgehead atoms. The minimum atomic E-state index is -0.836. The van der Waals surface area contributed by atoms with E-state index in [0.717, 1.165) is 0 Å². The molecule has 0 rings (SSSR count). The Balaban J connectivity index is -0.000000368. The Morgan fingerprint density at radius 1 is 0.793 bits per heavy atom. The molecule has 0 unspecified atom stereocenters. The molecule has 0 atom stereocenters. The first kappa shape index (κ1) is 32.1. The Morgan fingerprint density at radius 2 is 1.17 bits per heavy atom. The summed E-state index contributed by atoms with van der Waals surface area (Å²) in [6.45, 7) is 12.5. The first-order chi connectivity index (χ1) is 12.8. The maximum atomic E-state index is 11.5. The van der Waals surface area contributed by atoms with E-state index in [0.29, 0.717) is 5.84 Å². The number of amidine groups is 1. The number of nitrogens with zero attached hydrogens (tertiary/aromatic N) is 3. The highest BCUT2D eigenvalue weighted by Crippen LogP contribution is 2.10. The van der Waals surface area contributed by atoms with Crippen molar-refractivity contribution in [1.82, 2.24) is 9.80 Å². The van der Waals surface area contributed by atoms with Crippen molar-refractivity contribution in [1.29, 1.82) is 0 Å². The van der Waals surface area contributed by atoms with E-state index < -0.39 is 17.1 Å². The Bertz CT molecular complexity index is 527. The molecule has 0 aromatic rings. The fourth-order valence-corrected chi connectivity index (χ4v) is 0.752. The van der Waals surface area contributed by atoms with Crippen molar-refractivity contribution in [3.05, 3.63) is 0 Å². The van der Waals surface area contributed by atoms with Gasteiger partial charge in [-0.2, -0.15) is 4.99 Å². The molecule has 0 aliphatic carbocycles. The predicted octanol–water partition coefficient (Wildman–Crippen LogP) is 1.75. The summed E-state index contributed by atoms with van der Waals surface area (Å²) in [5, 5.41) is 0. The third-order valence-corrected chi connectivity index (χ3v) is 4.62. The van der Waals surface area contributed by atoms with Gasteiger partial charge in [0.15, 0.2) is 0 Å². The molecule has 0 heterocycles. The summed E-state index contributed by atoms with van der Waals surface area (Å²) in [5.41, 5.74) is 3.14. The molecular weight excluding hydrogens is 376 g/mol. The molecule has 174 valence electrons. The van der Waals surface area contributed by atoms with E-state index >= 15 is 0 Å². The fraction of sp³-hybridized carbons (Fsp3) is 0.850. The van der Waals surface area contributed by atoms with E-state index in [1.165, 1.54) is 14.2 Å². The predicted molar refractivity (Wildman–Crippen MR) is 118 cm³/mol. The lowest BCUT2D eigenvalue weighted by atomic mass is 10.1. The summed E-state index contributed by atoms with van der Waals surface area (Å²) >= 11 is 0. The number of rotatable bonds is 6. The topological polar surface area (TPSA) is 107 Å². The van der Waals surface area contributed by atoms with Gasteiger partial charge in [-0.15, -0.1) is 0 Å². The molecule has 0 aliphatic heterocycles. The summed E-state index contributed by atoms with van der Waals surface area (Å²) < 4.78 is 14.9. The van der Waals surface area contributed by atoms with Crippen LogP contribution in [0.4, 0.5) is 0 Å². The number of carbonyl (C=O) groups excluding carboxylic acids is 2. The van der Waals surface area contributed by atoms with Gasteiger partial charge in [0.2, 0.25) is 5.91 Å². The minimum Gasteiger partial charge on any atom is -0.369 e. The summed E-state index contributed by atoms with van der Waals surface area (Å²) in [6.07, 6.45) is 0. The van der Waals surface area contributed by atoms with Crippen LogP contribution in [0.1, 0.15) is 48.5 Å². The highest BCUT2D eigenvalue weighted by Gasteiger charge is 2.26. The number of primary amides is 1. The molecule has 2 N–H and O–H groups in total. The van der Waals surface area contributed by atoms with Crippen molar-refractivity contribution in [2.24, 2.45) is 10.7 Å². The normalized spacial score (nSPS) is 12.4. The van der Waals surface area contributed by atoms with Crippen LogP contribution in [0.2, 0.25) is 0 Å². The molecule has 2 amide bonds. The molecule has 9 nitrogen and oxygen atoms in total. The lowest BCUT2D eigenvalue weighted by molar-refractivity contribution is -0.136. The summed E-state index contributed by atoms with van der Waals surface area (Å²) in [5.74, 6) is -0.0312. The largest absolute Gasteiger partial charge is 0.369 e. The van der Waals surface area contributed by atoms with Gasteiger partial charge in [-0.05, 0) is 62.6 Å². The SMILES string of the molecule is COC(C)(C)C(=O)N=C(C)N(C)C.COC(C)(C)C(N)=O.COC(C)(C)N(C)C. The van der Waals surface area contributed by atoms with Gasteiger partial charge >= 0.3 is 0 Å². The Hall–Kier alpha value is -1.55. The Labute approximate surface area is 177 Å². The number of methoxy groups -OCH3 is 3. The van der Waals surface area contributed by atoms with Gasteiger partial charge in [-0.3, -0.25) is 14.5 Å². The van der Waals surface area contributed by atoms with Crippen molar-refractivity contribution in [2.75, 3.05) is 49.5 Å². The number of aliphatic imine (C=N–C) groups is 1. The van der Waals surface area contributed by atoms with Gasteiger partial charge in [0.05, 0.1) is 0 Å². The van der Waals surface area contributed by atoms with E-state index in [9.17, 15) is 9.59 Å². The maximum absolute atomic E-state index is 11.5. The van der Waals surface area contributed by atoms with E-state index in [4.69, 9.17) is 19.9 Å². The molecule has 0 saturated carbocycles. The van der Waals surface area contributed by atoms with Gasteiger partial charge in [0.25, 0.3) is 5.91 Å².